The van der Waals surface area contributed by atoms with Gasteiger partial charge in [0, 0.05) is 71.5 Å². The summed E-state index contributed by atoms with van der Waals surface area (Å²) in [6.07, 6.45) is 3.51. The van der Waals surface area contributed by atoms with Gasteiger partial charge in [0.2, 0.25) is 0 Å². The molecule has 2 aromatic carbocycles. The molecule has 2 aliphatic rings. The van der Waals surface area contributed by atoms with Crippen molar-refractivity contribution in [2.75, 3.05) is 45.4 Å². The first-order valence-electron chi connectivity index (χ1n) is 14.0. The van der Waals surface area contributed by atoms with Crippen molar-refractivity contribution in [3.05, 3.63) is 81.4 Å². The second-order valence-electron chi connectivity index (χ2n) is 10.8. The fraction of sp³-hybridized carbons (Fsp3) is 0.433. The summed E-state index contributed by atoms with van der Waals surface area (Å²) in [6.45, 7) is 3.75. The second-order valence-corrected chi connectivity index (χ2v) is 10.8. The lowest BCUT2D eigenvalue weighted by Gasteiger charge is -2.34. The molecular formula is C30H35N7O4. The predicted octanol–water partition coefficient (Wildman–Crippen LogP) is 1.99. The summed E-state index contributed by atoms with van der Waals surface area (Å²) in [7, 11) is 5.41. The fourth-order valence-corrected chi connectivity index (χ4v) is 5.79. The number of ether oxygens (including phenoxy) is 2. The number of methoxy groups -OCH3 is 1. The van der Waals surface area contributed by atoms with Crippen molar-refractivity contribution in [3.8, 4) is 0 Å². The smallest absolute Gasteiger partial charge is 0.261 e. The Bertz CT molecular complexity index is 1640. The number of amides is 1. The number of aryl methyl sites for hydroxylation is 4. The molecule has 11 nitrogen and oxygen atoms in total. The number of rotatable bonds is 9. The summed E-state index contributed by atoms with van der Waals surface area (Å²) in [5.41, 5.74) is 4.53. The van der Waals surface area contributed by atoms with Gasteiger partial charge >= 0.3 is 0 Å². The van der Waals surface area contributed by atoms with Gasteiger partial charge in [-0.05, 0) is 41.8 Å². The van der Waals surface area contributed by atoms with E-state index in [1.165, 1.54) is 0 Å². The molecule has 0 spiro atoms. The summed E-state index contributed by atoms with van der Waals surface area (Å²) >= 11 is 0. The molecule has 2 aromatic heterocycles. The van der Waals surface area contributed by atoms with E-state index < -0.39 is 0 Å². The van der Waals surface area contributed by atoms with Crippen LogP contribution in [0.5, 0.6) is 0 Å². The zero-order chi connectivity index (χ0) is 28.5. The van der Waals surface area contributed by atoms with Gasteiger partial charge in [0.25, 0.3) is 11.5 Å². The molecule has 1 amide bonds. The van der Waals surface area contributed by atoms with E-state index in [4.69, 9.17) is 14.5 Å². The van der Waals surface area contributed by atoms with E-state index in [2.05, 4.69) is 21.2 Å². The van der Waals surface area contributed by atoms with Crippen LogP contribution in [0.3, 0.4) is 0 Å². The fourth-order valence-electron chi connectivity index (χ4n) is 5.79. The number of fused-ring (bicyclic) bond motifs is 2. The molecule has 0 unspecified atom stereocenters. The van der Waals surface area contributed by atoms with E-state index in [0.717, 1.165) is 47.1 Å². The molecular weight excluding hydrogens is 522 g/mol. The van der Waals surface area contributed by atoms with E-state index in [0.29, 0.717) is 56.5 Å². The second kappa shape index (κ2) is 11.4. The van der Waals surface area contributed by atoms with Crippen LogP contribution in [0, 0.1) is 0 Å². The third kappa shape index (κ3) is 5.47. The van der Waals surface area contributed by atoms with Crippen molar-refractivity contribution >= 4 is 22.5 Å². The minimum atomic E-state index is -0.0511. The van der Waals surface area contributed by atoms with Crippen LogP contribution in [0.2, 0.25) is 0 Å². The maximum Gasteiger partial charge on any atom is 0.261 e. The highest BCUT2D eigenvalue weighted by Gasteiger charge is 2.25. The molecule has 1 saturated heterocycles. The molecule has 0 aliphatic carbocycles. The molecule has 0 saturated carbocycles. The van der Waals surface area contributed by atoms with Gasteiger partial charge in [0.05, 0.1) is 30.2 Å². The topological polar surface area (TPSA) is 108 Å². The van der Waals surface area contributed by atoms with Crippen molar-refractivity contribution in [1.29, 1.82) is 0 Å². The Labute approximate surface area is 238 Å². The Kier molecular flexibility index (Phi) is 7.55. The maximum atomic E-state index is 13.9. The Morgan fingerprint density at radius 2 is 1.90 bits per heavy atom. The number of carbonyl (C=O) groups is 1. The third-order valence-corrected chi connectivity index (χ3v) is 8.03. The van der Waals surface area contributed by atoms with Gasteiger partial charge in [-0.15, -0.1) is 10.2 Å². The van der Waals surface area contributed by atoms with Gasteiger partial charge in [0.1, 0.15) is 18.0 Å². The Balaban J connectivity index is 1.31. The average Bonchev–Trinajstić information content (AvgIpc) is 3.52. The number of anilines is 1. The van der Waals surface area contributed by atoms with Crippen LogP contribution in [0.15, 0.2) is 47.5 Å². The molecule has 4 aromatic rings. The molecule has 1 fully saturated rings. The number of hydrogen-bond donors (Lipinski definition) is 0. The van der Waals surface area contributed by atoms with Gasteiger partial charge in [-0.1, -0.05) is 12.1 Å². The minimum Gasteiger partial charge on any atom is -0.382 e. The van der Waals surface area contributed by atoms with Crippen molar-refractivity contribution < 1.29 is 14.3 Å². The van der Waals surface area contributed by atoms with Crippen molar-refractivity contribution in [2.45, 2.75) is 38.5 Å². The third-order valence-electron chi connectivity index (χ3n) is 8.03. The van der Waals surface area contributed by atoms with Crippen LogP contribution in [0.1, 0.15) is 33.1 Å². The summed E-state index contributed by atoms with van der Waals surface area (Å²) in [6, 6.07) is 11.9. The number of nitrogens with zero attached hydrogens (tertiary/aromatic N) is 7. The molecule has 214 valence electrons. The van der Waals surface area contributed by atoms with E-state index in [1.807, 2.05) is 49.0 Å². The zero-order valence-electron chi connectivity index (χ0n) is 23.7. The Morgan fingerprint density at radius 3 is 2.71 bits per heavy atom. The minimum absolute atomic E-state index is 0.00472. The molecule has 1 atom stereocenters. The highest BCUT2D eigenvalue weighted by Crippen LogP contribution is 2.24. The first-order chi connectivity index (χ1) is 19.9. The average molecular weight is 558 g/mol. The number of aromatic nitrogens is 5. The summed E-state index contributed by atoms with van der Waals surface area (Å²) in [5, 5.41) is 8.81. The van der Waals surface area contributed by atoms with Gasteiger partial charge in [-0.2, -0.15) is 0 Å². The molecule has 4 heterocycles. The highest BCUT2D eigenvalue weighted by molar-refractivity contribution is 5.98. The number of hydrogen-bond acceptors (Lipinski definition) is 8. The van der Waals surface area contributed by atoms with Crippen molar-refractivity contribution in [1.82, 2.24) is 29.2 Å². The molecule has 41 heavy (non-hydrogen) atoms. The van der Waals surface area contributed by atoms with Crippen LogP contribution < -0.4 is 10.5 Å². The zero-order valence-corrected chi connectivity index (χ0v) is 23.7. The van der Waals surface area contributed by atoms with Crippen LogP contribution >= 0.6 is 0 Å². The van der Waals surface area contributed by atoms with Crippen molar-refractivity contribution in [2.24, 2.45) is 7.05 Å². The highest BCUT2D eigenvalue weighted by atomic mass is 16.5. The van der Waals surface area contributed by atoms with Gasteiger partial charge in [-0.3, -0.25) is 14.2 Å². The normalized spacial score (nSPS) is 17.0. The predicted molar refractivity (Wildman–Crippen MR) is 154 cm³/mol. The van der Waals surface area contributed by atoms with E-state index >= 15 is 0 Å². The lowest BCUT2D eigenvalue weighted by molar-refractivity contribution is -0.0100. The first-order valence-corrected chi connectivity index (χ1v) is 14.0. The van der Waals surface area contributed by atoms with Gasteiger partial charge in [0.15, 0.2) is 0 Å². The largest absolute Gasteiger partial charge is 0.382 e. The van der Waals surface area contributed by atoms with Crippen LogP contribution in [0.4, 0.5) is 5.69 Å². The number of benzene rings is 2. The molecule has 0 bridgehead atoms. The summed E-state index contributed by atoms with van der Waals surface area (Å²) in [4.78, 5) is 35.2. The molecule has 6 rings (SSSR count). The number of carbonyl (C=O) groups excluding carboxylic acids is 1. The van der Waals surface area contributed by atoms with E-state index in [-0.39, 0.29) is 17.6 Å². The SMILES string of the molecule is COC[C@H]1CN(c2ccc3c(=O)n(CCc4ccc5c(c4)CN(C)C5=O)c(CCc4nncn4C)nc3c2)CCO1. The lowest BCUT2D eigenvalue weighted by Crippen LogP contribution is -2.44. The standard InChI is InChI=1S/C30H35N7O4/c1-34-16-21-14-20(4-6-24(21)29(34)38)10-11-37-27(8-9-28-33-31-19-35(28)2)32-26-15-22(5-7-25(26)30(37)39)36-12-13-41-23(17-36)18-40-3/h4-7,14-15,19,23H,8-13,16-18H2,1-3H3/t23-/m1/s1. The quantitative estimate of drug-likeness (QED) is 0.308. The van der Waals surface area contributed by atoms with E-state index in [9.17, 15) is 9.59 Å². The van der Waals surface area contributed by atoms with Crippen LogP contribution in [-0.4, -0.2) is 81.7 Å². The molecule has 11 heteroatoms. The molecule has 0 N–H and O–H groups in total. The summed E-state index contributed by atoms with van der Waals surface area (Å²) in [5.74, 6) is 1.61. The van der Waals surface area contributed by atoms with Crippen LogP contribution in [0.25, 0.3) is 10.9 Å². The lowest BCUT2D eigenvalue weighted by atomic mass is 10.0. The maximum absolute atomic E-state index is 13.9. The molecule has 0 radical (unpaired) electrons. The van der Waals surface area contributed by atoms with Crippen molar-refractivity contribution in [3.63, 3.8) is 0 Å². The van der Waals surface area contributed by atoms with E-state index in [1.54, 1.807) is 22.9 Å². The monoisotopic (exact) mass is 557 g/mol. The van der Waals surface area contributed by atoms with Crippen LogP contribution in [-0.2, 0) is 48.9 Å². The number of morpholine rings is 1. The first kappa shape index (κ1) is 27.1. The Morgan fingerprint density at radius 1 is 1.05 bits per heavy atom. The molecule has 2 aliphatic heterocycles. The van der Waals surface area contributed by atoms with Gasteiger partial charge in [-0.25, -0.2) is 4.98 Å². The summed E-state index contributed by atoms with van der Waals surface area (Å²) < 4.78 is 14.8. The Hall–Kier alpha value is -4.09. The van der Waals surface area contributed by atoms with Gasteiger partial charge < -0.3 is 23.8 Å².